The number of ether oxygens (including phenoxy) is 1. The zero-order valence-corrected chi connectivity index (χ0v) is 13.0. The summed E-state index contributed by atoms with van der Waals surface area (Å²) in [5.74, 6) is 0.607. The Kier molecular flexibility index (Phi) is 4.65. The molecular weight excluding hydrogens is 316 g/mol. The van der Waals surface area contributed by atoms with Crippen LogP contribution in [0.3, 0.4) is 0 Å². The van der Waals surface area contributed by atoms with Crippen LogP contribution in [-0.2, 0) is 6.54 Å². The summed E-state index contributed by atoms with van der Waals surface area (Å²) in [5.41, 5.74) is 3.86. The van der Waals surface area contributed by atoms with E-state index in [2.05, 4.69) is 46.4 Å². The number of hydrogen-bond donors (Lipinski definition) is 1. The number of aryl methyl sites for hydroxylation is 1. The average Bonchev–Trinajstić information content (AvgIpc) is 2.47. The highest BCUT2D eigenvalue weighted by atomic mass is 79.9. The molecule has 0 radical (unpaired) electrons. The van der Waals surface area contributed by atoms with Crippen LogP contribution in [0.25, 0.3) is 0 Å². The van der Waals surface area contributed by atoms with Gasteiger partial charge >= 0.3 is 0 Å². The summed E-state index contributed by atoms with van der Waals surface area (Å²) >= 11 is 3.52. The zero-order valence-electron chi connectivity index (χ0n) is 11.4. The number of halogens is 1. The largest absolute Gasteiger partial charge is 0.495 e. The van der Waals surface area contributed by atoms with Gasteiger partial charge < -0.3 is 10.1 Å². The molecule has 1 N–H and O–H groups in total. The number of nitrogens with one attached hydrogen (secondary N) is 1. The van der Waals surface area contributed by atoms with Crippen molar-refractivity contribution in [2.24, 2.45) is 0 Å². The van der Waals surface area contributed by atoms with Crippen LogP contribution in [0.4, 0.5) is 5.69 Å². The summed E-state index contributed by atoms with van der Waals surface area (Å²) in [7, 11) is 1.57. The van der Waals surface area contributed by atoms with Gasteiger partial charge in [-0.1, -0.05) is 12.1 Å². The smallest absolute Gasteiger partial charge is 0.136 e. The van der Waals surface area contributed by atoms with Gasteiger partial charge in [0.15, 0.2) is 0 Å². The quantitative estimate of drug-likeness (QED) is 0.911. The minimum atomic E-state index is 0.549. The monoisotopic (exact) mass is 330 g/mol. The lowest BCUT2D eigenvalue weighted by atomic mass is 10.1. The molecule has 102 valence electrons. The molecule has 0 aliphatic heterocycles. The molecule has 20 heavy (non-hydrogen) atoms. The summed E-state index contributed by atoms with van der Waals surface area (Å²) in [6.45, 7) is 2.73. The number of hydrogen-bond acceptors (Lipinski definition) is 3. The predicted octanol–water partition coefficient (Wildman–Crippen LogP) is 4.25. The first kappa shape index (κ1) is 14.4. The standard InChI is InChI=1S/C16H15BrN2O/c1-11-3-6-14(17)15(7-11)19-10-12-4-5-13(9-18)16(8-12)20-2/h3-8,19H,10H2,1-2H3. The van der Waals surface area contributed by atoms with E-state index in [0.29, 0.717) is 17.9 Å². The highest BCUT2D eigenvalue weighted by Crippen LogP contribution is 2.25. The minimum absolute atomic E-state index is 0.549. The van der Waals surface area contributed by atoms with Crippen molar-refractivity contribution in [1.29, 1.82) is 5.26 Å². The number of rotatable bonds is 4. The van der Waals surface area contributed by atoms with Crippen LogP contribution in [0.5, 0.6) is 5.75 Å². The molecule has 0 aliphatic rings. The fraction of sp³-hybridized carbons (Fsp3) is 0.188. The Hall–Kier alpha value is -1.99. The van der Waals surface area contributed by atoms with Crippen LogP contribution in [0.2, 0.25) is 0 Å². The summed E-state index contributed by atoms with van der Waals surface area (Å²) in [6.07, 6.45) is 0. The van der Waals surface area contributed by atoms with Crippen LogP contribution in [0.15, 0.2) is 40.9 Å². The normalized spacial score (nSPS) is 9.90. The topological polar surface area (TPSA) is 45.0 Å². The van der Waals surface area contributed by atoms with Crippen molar-refractivity contribution in [2.45, 2.75) is 13.5 Å². The van der Waals surface area contributed by atoms with Gasteiger partial charge in [0.2, 0.25) is 0 Å². The average molecular weight is 331 g/mol. The molecule has 2 aromatic carbocycles. The highest BCUT2D eigenvalue weighted by Gasteiger charge is 2.05. The fourth-order valence-electron chi connectivity index (χ4n) is 1.91. The van der Waals surface area contributed by atoms with E-state index < -0.39 is 0 Å². The maximum atomic E-state index is 8.96. The Labute approximate surface area is 127 Å². The summed E-state index contributed by atoms with van der Waals surface area (Å²) < 4.78 is 6.24. The summed E-state index contributed by atoms with van der Waals surface area (Å²) in [5, 5.41) is 12.3. The van der Waals surface area contributed by atoms with Gasteiger partial charge in [-0.25, -0.2) is 0 Å². The van der Waals surface area contributed by atoms with Crippen molar-refractivity contribution in [1.82, 2.24) is 0 Å². The Balaban J connectivity index is 2.15. The first-order valence-electron chi connectivity index (χ1n) is 6.21. The molecule has 0 saturated heterocycles. The third-order valence-electron chi connectivity index (χ3n) is 2.99. The van der Waals surface area contributed by atoms with Crippen LogP contribution < -0.4 is 10.1 Å². The van der Waals surface area contributed by atoms with Gasteiger partial charge in [0.1, 0.15) is 11.8 Å². The molecule has 0 spiro atoms. The molecule has 0 fully saturated rings. The van der Waals surface area contributed by atoms with Gasteiger partial charge in [0.05, 0.1) is 12.7 Å². The number of nitriles is 1. The van der Waals surface area contributed by atoms with Crippen molar-refractivity contribution in [3.63, 3.8) is 0 Å². The van der Waals surface area contributed by atoms with Gasteiger partial charge in [-0.3, -0.25) is 0 Å². The van der Waals surface area contributed by atoms with E-state index in [1.54, 1.807) is 13.2 Å². The number of methoxy groups -OCH3 is 1. The van der Waals surface area contributed by atoms with Crippen molar-refractivity contribution < 1.29 is 4.74 Å². The molecule has 0 aromatic heterocycles. The maximum absolute atomic E-state index is 8.96. The lowest BCUT2D eigenvalue weighted by Crippen LogP contribution is -2.01. The summed E-state index contributed by atoms with van der Waals surface area (Å²) in [6, 6.07) is 13.9. The van der Waals surface area contributed by atoms with E-state index in [4.69, 9.17) is 10.00 Å². The van der Waals surface area contributed by atoms with E-state index in [1.807, 2.05) is 18.2 Å². The number of benzene rings is 2. The molecule has 0 saturated carbocycles. The van der Waals surface area contributed by atoms with E-state index in [0.717, 1.165) is 15.7 Å². The molecule has 4 heteroatoms. The molecule has 0 amide bonds. The van der Waals surface area contributed by atoms with Crippen LogP contribution in [0.1, 0.15) is 16.7 Å². The Morgan fingerprint density at radius 1 is 1.25 bits per heavy atom. The second-order valence-electron chi connectivity index (χ2n) is 4.48. The lowest BCUT2D eigenvalue weighted by Gasteiger charge is -2.11. The first-order chi connectivity index (χ1) is 9.63. The zero-order chi connectivity index (χ0) is 14.5. The molecular formula is C16H15BrN2O. The van der Waals surface area contributed by atoms with Gasteiger partial charge in [-0.2, -0.15) is 5.26 Å². The molecule has 0 heterocycles. The van der Waals surface area contributed by atoms with Crippen molar-refractivity contribution in [2.75, 3.05) is 12.4 Å². The second-order valence-corrected chi connectivity index (χ2v) is 5.34. The number of nitrogens with zero attached hydrogens (tertiary/aromatic N) is 1. The summed E-state index contributed by atoms with van der Waals surface area (Å²) in [4.78, 5) is 0. The van der Waals surface area contributed by atoms with Crippen LogP contribution in [0, 0.1) is 18.3 Å². The maximum Gasteiger partial charge on any atom is 0.136 e. The van der Waals surface area contributed by atoms with Gasteiger partial charge in [-0.15, -0.1) is 0 Å². The van der Waals surface area contributed by atoms with E-state index >= 15 is 0 Å². The Morgan fingerprint density at radius 3 is 2.75 bits per heavy atom. The van der Waals surface area contributed by atoms with Gasteiger partial charge in [0, 0.05) is 16.7 Å². The fourth-order valence-corrected chi connectivity index (χ4v) is 2.30. The van der Waals surface area contributed by atoms with Gasteiger partial charge in [-0.05, 0) is 58.2 Å². The predicted molar refractivity (Wildman–Crippen MR) is 83.9 cm³/mol. The minimum Gasteiger partial charge on any atom is -0.495 e. The third-order valence-corrected chi connectivity index (χ3v) is 3.68. The van der Waals surface area contributed by atoms with Crippen LogP contribution in [-0.4, -0.2) is 7.11 Å². The van der Waals surface area contributed by atoms with Gasteiger partial charge in [0.25, 0.3) is 0 Å². The SMILES string of the molecule is COc1cc(CNc2cc(C)ccc2Br)ccc1C#N. The van der Waals surface area contributed by atoms with Crippen molar-refractivity contribution in [3.05, 3.63) is 57.6 Å². The molecule has 0 aliphatic carbocycles. The molecule has 0 bridgehead atoms. The van der Waals surface area contributed by atoms with E-state index in [9.17, 15) is 0 Å². The molecule has 0 atom stereocenters. The van der Waals surface area contributed by atoms with Crippen molar-refractivity contribution >= 4 is 21.6 Å². The molecule has 3 nitrogen and oxygen atoms in total. The highest BCUT2D eigenvalue weighted by molar-refractivity contribution is 9.10. The van der Waals surface area contributed by atoms with E-state index in [-0.39, 0.29) is 0 Å². The third kappa shape index (κ3) is 3.31. The van der Waals surface area contributed by atoms with E-state index in [1.165, 1.54) is 5.56 Å². The van der Waals surface area contributed by atoms with Crippen LogP contribution >= 0.6 is 15.9 Å². The molecule has 0 unspecified atom stereocenters. The first-order valence-corrected chi connectivity index (χ1v) is 7.00. The Bertz CT molecular complexity index is 662. The second kappa shape index (κ2) is 6.44. The number of anilines is 1. The molecule has 2 rings (SSSR count). The molecule has 2 aromatic rings. The Morgan fingerprint density at radius 2 is 2.05 bits per heavy atom. The van der Waals surface area contributed by atoms with Crippen molar-refractivity contribution in [3.8, 4) is 11.8 Å². The lowest BCUT2D eigenvalue weighted by molar-refractivity contribution is 0.413.